The highest BCUT2D eigenvalue weighted by Gasteiger charge is 2.15. The van der Waals surface area contributed by atoms with Gasteiger partial charge in [-0.05, 0) is 45.4 Å². The Labute approximate surface area is 124 Å². The second-order valence-corrected chi connectivity index (χ2v) is 5.49. The van der Waals surface area contributed by atoms with Crippen LogP contribution in [0.2, 0.25) is 0 Å². The predicted molar refractivity (Wildman–Crippen MR) is 84.6 cm³/mol. The van der Waals surface area contributed by atoms with E-state index < -0.39 is 0 Å². The van der Waals surface area contributed by atoms with Gasteiger partial charge in [0.1, 0.15) is 17.2 Å². The second-order valence-electron chi connectivity index (χ2n) is 5.49. The lowest BCUT2D eigenvalue weighted by Crippen LogP contribution is -1.98. The second kappa shape index (κ2) is 4.81. The fraction of sp³-hybridized carbons (Fsp3) is 0.235. The summed E-state index contributed by atoms with van der Waals surface area (Å²) >= 11 is 0. The summed E-state index contributed by atoms with van der Waals surface area (Å²) in [6, 6.07) is 8.25. The Kier molecular flexibility index (Phi) is 3.09. The molecule has 4 heteroatoms. The standard InChI is InChI=1S/C17H19N3O/c1-10-5-6-16(11(2)7-10)20-9-15(18)17(19-20)14-8-12(3)21-13(14)4/h5-9H,18H2,1-4H3. The Morgan fingerprint density at radius 2 is 1.86 bits per heavy atom. The molecule has 3 aromatic rings. The molecule has 0 saturated carbocycles. The van der Waals surface area contributed by atoms with Crippen molar-refractivity contribution in [3.05, 3.63) is 53.1 Å². The van der Waals surface area contributed by atoms with Crippen molar-refractivity contribution in [1.29, 1.82) is 0 Å². The average molecular weight is 281 g/mol. The number of furan rings is 1. The maximum atomic E-state index is 6.14. The number of aromatic nitrogens is 2. The molecular weight excluding hydrogens is 262 g/mol. The van der Waals surface area contributed by atoms with Crippen LogP contribution in [0, 0.1) is 27.7 Å². The van der Waals surface area contributed by atoms with Crippen molar-refractivity contribution in [3.63, 3.8) is 0 Å². The summed E-state index contributed by atoms with van der Waals surface area (Å²) in [5.41, 5.74) is 12.0. The number of benzene rings is 1. The SMILES string of the molecule is Cc1ccc(-n2cc(N)c(-c3cc(C)oc3C)n2)c(C)c1. The number of rotatable bonds is 2. The molecule has 0 amide bonds. The van der Waals surface area contributed by atoms with Gasteiger partial charge in [-0.3, -0.25) is 0 Å². The third-order valence-corrected chi connectivity index (χ3v) is 3.64. The summed E-state index contributed by atoms with van der Waals surface area (Å²) < 4.78 is 7.41. The van der Waals surface area contributed by atoms with Crippen LogP contribution in [0.1, 0.15) is 22.6 Å². The Bertz CT molecular complexity index is 812. The van der Waals surface area contributed by atoms with Crippen LogP contribution in [-0.2, 0) is 0 Å². The number of nitrogens with zero attached hydrogens (tertiary/aromatic N) is 2. The first-order chi connectivity index (χ1) is 9.95. The smallest absolute Gasteiger partial charge is 0.119 e. The van der Waals surface area contributed by atoms with Crippen LogP contribution in [0.5, 0.6) is 0 Å². The molecule has 21 heavy (non-hydrogen) atoms. The van der Waals surface area contributed by atoms with E-state index >= 15 is 0 Å². The number of nitrogens with two attached hydrogens (primary N) is 1. The Morgan fingerprint density at radius 1 is 1.10 bits per heavy atom. The summed E-state index contributed by atoms with van der Waals surface area (Å²) in [5, 5.41) is 4.65. The summed E-state index contributed by atoms with van der Waals surface area (Å²) in [6.07, 6.45) is 1.86. The molecule has 2 aromatic heterocycles. The van der Waals surface area contributed by atoms with Gasteiger partial charge in [-0.1, -0.05) is 17.7 Å². The van der Waals surface area contributed by atoms with Crippen molar-refractivity contribution in [3.8, 4) is 16.9 Å². The summed E-state index contributed by atoms with van der Waals surface area (Å²) in [5.74, 6) is 1.70. The third kappa shape index (κ3) is 2.33. The van der Waals surface area contributed by atoms with E-state index in [9.17, 15) is 0 Å². The molecule has 0 bridgehead atoms. The number of hydrogen-bond donors (Lipinski definition) is 1. The highest BCUT2D eigenvalue weighted by Crippen LogP contribution is 2.30. The van der Waals surface area contributed by atoms with Gasteiger partial charge in [-0.2, -0.15) is 5.10 Å². The number of aryl methyl sites for hydroxylation is 4. The molecule has 0 fully saturated rings. The number of nitrogen functional groups attached to an aromatic ring is 1. The van der Waals surface area contributed by atoms with Crippen molar-refractivity contribution in [1.82, 2.24) is 9.78 Å². The fourth-order valence-corrected chi connectivity index (χ4v) is 2.65. The molecule has 0 aliphatic carbocycles. The van der Waals surface area contributed by atoms with E-state index in [1.54, 1.807) is 0 Å². The zero-order chi connectivity index (χ0) is 15.1. The van der Waals surface area contributed by atoms with Crippen LogP contribution >= 0.6 is 0 Å². The molecule has 0 aliphatic heterocycles. The first-order valence-corrected chi connectivity index (χ1v) is 6.96. The number of anilines is 1. The normalized spacial score (nSPS) is 11.0. The van der Waals surface area contributed by atoms with Gasteiger partial charge >= 0.3 is 0 Å². The quantitative estimate of drug-likeness (QED) is 0.773. The topological polar surface area (TPSA) is 57.0 Å². The van der Waals surface area contributed by atoms with Crippen LogP contribution in [-0.4, -0.2) is 9.78 Å². The van der Waals surface area contributed by atoms with Crippen LogP contribution in [0.25, 0.3) is 16.9 Å². The molecule has 0 atom stereocenters. The minimum absolute atomic E-state index is 0.652. The molecule has 0 saturated heterocycles. The van der Waals surface area contributed by atoms with Crippen LogP contribution < -0.4 is 5.73 Å². The third-order valence-electron chi connectivity index (χ3n) is 3.64. The zero-order valence-corrected chi connectivity index (χ0v) is 12.8. The Hall–Kier alpha value is -2.49. The lowest BCUT2D eigenvalue weighted by Gasteiger charge is -2.06. The highest BCUT2D eigenvalue weighted by molar-refractivity contribution is 5.74. The molecule has 3 rings (SSSR count). The van der Waals surface area contributed by atoms with Crippen molar-refractivity contribution in [2.24, 2.45) is 0 Å². The molecule has 0 aliphatic rings. The minimum Gasteiger partial charge on any atom is -0.466 e. The maximum absolute atomic E-state index is 6.14. The fourth-order valence-electron chi connectivity index (χ4n) is 2.65. The molecule has 2 N–H and O–H groups in total. The molecular formula is C17H19N3O. The predicted octanol–water partition coefficient (Wildman–Crippen LogP) is 3.95. The van der Waals surface area contributed by atoms with Crippen LogP contribution in [0.15, 0.2) is 34.9 Å². The van der Waals surface area contributed by atoms with E-state index in [2.05, 4.69) is 37.1 Å². The number of hydrogen-bond acceptors (Lipinski definition) is 3. The van der Waals surface area contributed by atoms with Crippen molar-refractivity contribution >= 4 is 5.69 Å². The first kappa shape index (κ1) is 13.5. The van der Waals surface area contributed by atoms with Gasteiger partial charge in [0.15, 0.2) is 0 Å². The molecule has 0 radical (unpaired) electrons. The molecule has 4 nitrogen and oxygen atoms in total. The zero-order valence-electron chi connectivity index (χ0n) is 12.8. The molecule has 2 heterocycles. The molecule has 1 aromatic carbocycles. The average Bonchev–Trinajstić information content (AvgIpc) is 2.92. The lowest BCUT2D eigenvalue weighted by molar-refractivity contribution is 0.505. The monoisotopic (exact) mass is 281 g/mol. The van der Waals surface area contributed by atoms with E-state index in [4.69, 9.17) is 10.2 Å². The van der Waals surface area contributed by atoms with Gasteiger partial charge in [-0.15, -0.1) is 0 Å². The van der Waals surface area contributed by atoms with Crippen molar-refractivity contribution in [2.75, 3.05) is 5.73 Å². The van der Waals surface area contributed by atoms with Gasteiger partial charge in [0.25, 0.3) is 0 Å². The molecule has 108 valence electrons. The Morgan fingerprint density at radius 3 is 2.48 bits per heavy atom. The van der Waals surface area contributed by atoms with Crippen LogP contribution in [0.3, 0.4) is 0 Å². The van der Waals surface area contributed by atoms with E-state index in [0.717, 1.165) is 28.5 Å². The van der Waals surface area contributed by atoms with Gasteiger partial charge in [-0.25, -0.2) is 4.68 Å². The Balaban J connectivity index is 2.11. The summed E-state index contributed by atoms with van der Waals surface area (Å²) in [4.78, 5) is 0. The highest BCUT2D eigenvalue weighted by atomic mass is 16.3. The van der Waals surface area contributed by atoms with E-state index in [1.165, 1.54) is 11.1 Å². The summed E-state index contributed by atoms with van der Waals surface area (Å²) in [6.45, 7) is 8.01. The van der Waals surface area contributed by atoms with Gasteiger partial charge in [0, 0.05) is 5.56 Å². The van der Waals surface area contributed by atoms with E-state index in [0.29, 0.717) is 5.69 Å². The van der Waals surface area contributed by atoms with Crippen molar-refractivity contribution < 1.29 is 4.42 Å². The lowest BCUT2D eigenvalue weighted by atomic mass is 10.1. The van der Waals surface area contributed by atoms with Gasteiger partial charge in [0.05, 0.1) is 17.6 Å². The van der Waals surface area contributed by atoms with E-state index in [-0.39, 0.29) is 0 Å². The van der Waals surface area contributed by atoms with Gasteiger partial charge in [0.2, 0.25) is 0 Å². The maximum Gasteiger partial charge on any atom is 0.119 e. The molecule has 0 unspecified atom stereocenters. The summed E-state index contributed by atoms with van der Waals surface area (Å²) in [7, 11) is 0. The van der Waals surface area contributed by atoms with Gasteiger partial charge < -0.3 is 10.2 Å². The molecule has 0 spiro atoms. The van der Waals surface area contributed by atoms with E-state index in [1.807, 2.05) is 30.8 Å². The van der Waals surface area contributed by atoms with Crippen LogP contribution in [0.4, 0.5) is 5.69 Å². The van der Waals surface area contributed by atoms with Crippen molar-refractivity contribution in [2.45, 2.75) is 27.7 Å². The minimum atomic E-state index is 0.652. The first-order valence-electron chi connectivity index (χ1n) is 6.96. The largest absolute Gasteiger partial charge is 0.466 e.